The fourth-order valence-electron chi connectivity index (χ4n) is 2.69. The van der Waals surface area contributed by atoms with Gasteiger partial charge in [0.1, 0.15) is 11.8 Å². The largest absolute Gasteiger partial charge is 0.484 e. The minimum Gasteiger partial charge on any atom is -0.484 e. The second-order valence-corrected chi connectivity index (χ2v) is 7.49. The summed E-state index contributed by atoms with van der Waals surface area (Å²) in [5.41, 5.74) is 1.32. The number of ether oxygens (including phenoxy) is 1. The second-order valence-electron chi connectivity index (χ2n) is 6.50. The summed E-state index contributed by atoms with van der Waals surface area (Å²) in [5.74, 6) is 0.494. The molecule has 0 saturated heterocycles. The zero-order chi connectivity index (χ0) is 21.8. The number of rotatable bonds is 11. The molecule has 0 radical (unpaired) electrons. The van der Waals surface area contributed by atoms with E-state index in [4.69, 9.17) is 4.74 Å². The number of benzene rings is 2. The Kier molecular flexibility index (Phi) is 9.73. The summed E-state index contributed by atoms with van der Waals surface area (Å²) in [4.78, 5) is 36.7. The lowest BCUT2D eigenvalue weighted by Crippen LogP contribution is -2.48. The van der Waals surface area contributed by atoms with Gasteiger partial charge in [-0.3, -0.25) is 14.4 Å². The van der Waals surface area contributed by atoms with E-state index in [1.807, 2.05) is 30.5 Å². The van der Waals surface area contributed by atoms with Crippen molar-refractivity contribution in [2.24, 2.45) is 0 Å². The Balaban J connectivity index is 1.90. The van der Waals surface area contributed by atoms with Gasteiger partial charge >= 0.3 is 0 Å². The number of hydrogen-bond donors (Lipinski definition) is 3. The molecule has 0 saturated carbocycles. The number of thioether (sulfide) groups is 1. The molecule has 0 heterocycles. The van der Waals surface area contributed by atoms with Gasteiger partial charge in [0.25, 0.3) is 11.8 Å². The van der Waals surface area contributed by atoms with Crippen LogP contribution in [-0.4, -0.2) is 49.4 Å². The maximum absolute atomic E-state index is 12.7. The molecule has 2 aromatic carbocycles. The molecule has 3 amide bonds. The van der Waals surface area contributed by atoms with Crippen molar-refractivity contribution >= 4 is 29.5 Å². The maximum atomic E-state index is 12.7. The lowest BCUT2D eigenvalue weighted by atomic mass is 10.1. The molecule has 1 unspecified atom stereocenters. The third kappa shape index (κ3) is 7.79. The van der Waals surface area contributed by atoms with Crippen molar-refractivity contribution in [1.29, 1.82) is 0 Å². The van der Waals surface area contributed by atoms with Crippen LogP contribution in [-0.2, 0) is 16.1 Å². The summed E-state index contributed by atoms with van der Waals surface area (Å²) in [6, 6.07) is 15.4. The van der Waals surface area contributed by atoms with Gasteiger partial charge in [0.05, 0.1) is 0 Å². The highest BCUT2D eigenvalue weighted by Crippen LogP contribution is 2.09. The molecule has 7 nitrogen and oxygen atoms in total. The average Bonchev–Trinajstić information content (AvgIpc) is 2.79. The average molecular weight is 430 g/mol. The predicted molar refractivity (Wildman–Crippen MR) is 119 cm³/mol. The molecule has 2 aromatic rings. The summed E-state index contributed by atoms with van der Waals surface area (Å²) in [5, 5.41) is 8.15. The zero-order valence-corrected chi connectivity index (χ0v) is 18.0. The van der Waals surface area contributed by atoms with Gasteiger partial charge in [-0.2, -0.15) is 11.8 Å². The van der Waals surface area contributed by atoms with Crippen LogP contribution in [0.15, 0.2) is 54.6 Å². The van der Waals surface area contributed by atoms with E-state index in [1.165, 1.54) is 0 Å². The molecule has 8 heteroatoms. The first-order valence-corrected chi connectivity index (χ1v) is 11.0. The third-order valence-electron chi connectivity index (χ3n) is 4.26. The monoisotopic (exact) mass is 429 g/mol. The van der Waals surface area contributed by atoms with Gasteiger partial charge in [-0.25, -0.2) is 0 Å². The molecule has 1 atom stereocenters. The van der Waals surface area contributed by atoms with E-state index in [1.54, 1.807) is 49.1 Å². The van der Waals surface area contributed by atoms with Gasteiger partial charge in [0, 0.05) is 19.2 Å². The van der Waals surface area contributed by atoms with Crippen LogP contribution in [0.5, 0.6) is 5.75 Å². The number of amides is 3. The van der Waals surface area contributed by atoms with Crippen LogP contribution in [0.25, 0.3) is 0 Å². The molecule has 2 rings (SSSR count). The Morgan fingerprint density at radius 2 is 1.83 bits per heavy atom. The highest BCUT2D eigenvalue weighted by molar-refractivity contribution is 7.98. The summed E-state index contributed by atoms with van der Waals surface area (Å²) in [6.45, 7) is 0.0943. The molecule has 0 fully saturated rings. The third-order valence-corrected chi connectivity index (χ3v) is 4.90. The van der Waals surface area contributed by atoms with E-state index in [-0.39, 0.29) is 30.9 Å². The van der Waals surface area contributed by atoms with Crippen LogP contribution in [0.3, 0.4) is 0 Å². The van der Waals surface area contributed by atoms with Crippen molar-refractivity contribution in [3.05, 3.63) is 65.7 Å². The van der Waals surface area contributed by atoms with E-state index >= 15 is 0 Å². The Hall–Kier alpha value is -3.00. The van der Waals surface area contributed by atoms with Crippen molar-refractivity contribution in [3.63, 3.8) is 0 Å². The number of para-hydroxylation sites is 1. The van der Waals surface area contributed by atoms with E-state index in [9.17, 15) is 14.4 Å². The first-order chi connectivity index (χ1) is 14.5. The summed E-state index contributed by atoms with van der Waals surface area (Å²) in [7, 11) is 1.57. The number of carbonyl (C=O) groups excluding carboxylic acids is 3. The molecule has 0 bridgehead atoms. The SMILES string of the molecule is CNC(=O)c1cccc(CNC(=O)C(CCSC)NC(=O)COc2ccccc2)c1. The quantitative estimate of drug-likeness (QED) is 0.508. The lowest BCUT2D eigenvalue weighted by molar-refractivity contribution is -0.130. The second kappa shape index (κ2) is 12.5. The number of hydrogen-bond acceptors (Lipinski definition) is 5. The van der Waals surface area contributed by atoms with Crippen LogP contribution < -0.4 is 20.7 Å². The van der Waals surface area contributed by atoms with Crippen LogP contribution in [0.1, 0.15) is 22.3 Å². The molecule has 0 aromatic heterocycles. The van der Waals surface area contributed by atoms with Crippen molar-refractivity contribution < 1.29 is 19.1 Å². The van der Waals surface area contributed by atoms with Crippen LogP contribution in [0, 0.1) is 0 Å². The highest BCUT2D eigenvalue weighted by atomic mass is 32.2. The van der Waals surface area contributed by atoms with Crippen LogP contribution in [0.4, 0.5) is 0 Å². The highest BCUT2D eigenvalue weighted by Gasteiger charge is 2.20. The fraction of sp³-hybridized carbons (Fsp3) is 0.318. The van der Waals surface area contributed by atoms with Gasteiger partial charge < -0.3 is 20.7 Å². The number of carbonyl (C=O) groups is 3. The molecular formula is C22H27N3O4S. The normalized spacial score (nSPS) is 11.3. The first-order valence-electron chi connectivity index (χ1n) is 9.58. The molecule has 0 aliphatic carbocycles. The molecule has 0 spiro atoms. The van der Waals surface area contributed by atoms with Gasteiger partial charge in [0.2, 0.25) is 5.91 Å². The van der Waals surface area contributed by atoms with Crippen molar-refractivity contribution in [3.8, 4) is 5.75 Å². The van der Waals surface area contributed by atoms with E-state index < -0.39 is 6.04 Å². The van der Waals surface area contributed by atoms with Crippen LogP contribution >= 0.6 is 11.8 Å². The smallest absolute Gasteiger partial charge is 0.258 e. The van der Waals surface area contributed by atoms with E-state index in [0.29, 0.717) is 17.7 Å². The molecule has 0 aliphatic rings. The van der Waals surface area contributed by atoms with Gasteiger partial charge in [-0.1, -0.05) is 30.3 Å². The first kappa shape index (κ1) is 23.3. The van der Waals surface area contributed by atoms with Crippen molar-refractivity contribution in [2.75, 3.05) is 25.7 Å². The summed E-state index contributed by atoms with van der Waals surface area (Å²) >= 11 is 1.60. The van der Waals surface area contributed by atoms with Crippen molar-refractivity contribution in [1.82, 2.24) is 16.0 Å². The summed E-state index contributed by atoms with van der Waals surface area (Å²) < 4.78 is 5.44. The molecule has 3 N–H and O–H groups in total. The molecular weight excluding hydrogens is 402 g/mol. The Morgan fingerprint density at radius 1 is 1.07 bits per heavy atom. The van der Waals surface area contributed by atoms with E-state index in [0.717, 1.165) is 11.3 Å². The zero-order valence-electron chi connectivity index (χ0n) is 17.1. The Bertz CT molecular complexity index is 845. The minimum atomic E-state index is -0.661. The Morgan fingerprint density at radius 3 is 2.53 bits per heavy atom. The minimum absolute atomic E-state index is 0.165. The van der Waals surface area contributed by atoms with E-state index in [2.05, 4.69) is 16.0 Å². The molecule has 30 heavy (non-hydrogen) atoms. The van der Waals surface area contributed by atoms with Gasteiger partial charge in [0.15, 0.2) is 6.61 Å². The Labute approximate surface area is 181 Å². The van der Waals surface area contributed by atoms with Gasteiger partial charge in [-0.15, -0.1) is 0 Å². The summed E-state index contributed by atoms with van der Waals surface area (Å²) in [6.07, 6.45) is 2.45. The molecule has 160 valence electrons. The fourth-order valence-corrected chi connectivity index (χ4v) is 3.16. The number of nitrogens with one attached hydrogen (secondary N) is 3. The van der Waals surface area contributed by atoms with Crippen molar-refractivity contribution in [2.45, 2.75) is 19.0 Å². The standard InChI is InChI=1S/C22H27N3O4S/c1-23-21(27)17-8-6-7-16(13-17)14-24-22(28)19(11-12-30-2)25-20(26)15-29-18-9-4-3-5-10-18/h3-10,13,19H,11-12,14-15H2,1-2H3,(H,23,27)(H,24,28)(H,25,26). The van der Waals surface area contributed by atoms with Crippen LogP contribution in [0.2, 0.25) is 0 Å². The van der Waals surface area contributed by atoms with Gasteiger partial charge in [-0.05, 0) is 48.3 Å². The molecule has 0 aliphatic heterocycles. The maximum Gasteiger partial charge on any atom is 0.258 e. The lowest BCUT2D eigenvalue weighted by Gasteiger charge is -2.18. The topological polar surface area (TPSA) is 96.5 Å². The predicted octanol–water partition coefficient (Wildman–Crippen LogP) is 1.98.